The van der Waals surface area contributed by atoms with Gasteiger partial charge in [-0.2, -0.15) is 5.10 Å². The van der Waals surface area contributed by atoms with Crippen LogP contribution in [0.4, 0.5) is 5.69 Å². The number of hydrogen-bond donors (Lipinski definition) is 2. The van der Waals surface area contributed by atoms with Crippen LogP contribution in [0.3, 0.4) is 0 Å². The minimum Gasteiger partial charge on any atom is -0.497 e. The first-order valence-electron chi connectivity index (χ1n) is 10.7. The Labute approximate surface area is 203 Å². The molecule has 182 valence electrons. The number of nitrogens with one attached hydrogen (secondary N) is 2. The van der Waals surface area contributed by atoms with Crippen LogP contribution < -0.4 is 14.8 Å². The zero-order valence-electron chi connectivity index (χ0n) is 19.7. The molecule has 0 unspecified atom stereocenters. The van der Waals surface area contributed by atoms with E-state index in [0.29, 0.717) is 40.0 Å². The fraction of sp³-hybridized carbons (Fsp3) is 0.208. The summed E-state index contributed by atoms with van der Waals surface area (Å²) in [6.07, 6.45) is 0. The van der Waals surface area contributed by atoms with Gasteiger partial charge in [-0.05, 0) is 62.4 Å². The van der Waals surface area contributed by atoms with E-state index in [1.165, 1.54) is 23.9 Å². The number of methoxy groups -OCH3 is 1. The quantitative estimate of drug-likeness (QED) is 0.383. The molecule has 2 N–H and O–H groups in total. The molecule has 0 bridgehead atoms. The summed E-state index contributed by atoms with van der Waals surface area (Å²) in [4.78, 5) is 17.1. The van der Waals surface area contributed by atoms with Gasteiger partial charge in [-0.25, -0.2) is 13.4 Å². The molecule has 4 rings (SSSR count). The topological polar surface area (TPSA) is 128 Å². The normalized spacial score (nSPS) is 11.3. The third-order valence-corrected chi connectivity index (χ3v) is 6.67. The molecule has 35 heavy (non-hydrogen) atoms. The van der Waals surface area contributed by atoms with Gasteiger partial charge in [0, 0.05) is 18.3 Å². The minimum absolute atomic E-state index is 0.109. The van der Waals surface area contributed by atoms with Crippen molar-refractivity contribution in [2.24, 2.45) is 7.05 Å². The number of hydrogen-bond acceptors (Lipinski definition) is 7. The Hall–Kier alpha value is -4.12. The Balaban J connectivity index is 1.49. The molecule has 0 saturated heterocycles. The summed E-state index contributed by atoms with van der Waals surface area (Å²) in [5.74, 6) is 1.15. The van der Waals surface area contributed by atoms with E-state index in [1.54, 1.807) is 56.4 Å². The largest absolute Gasteiger partial charge is 0.497 e. The molecular weight excluding hydrogens is 470 g/mol. The summed E-state index contributed by atoms with van der Waals surface area (Å²) in [7, 11) is -0.580. The third-order valence-electron chi connectivity index (χ3n) is 5.28. The van der Waals surface area contributed by atoms with Gasteiger partial charge in [0.15, 0.2) is 0 Å². The van der Waals surface area contributed by atoms with Crippen molar-refractivity contribution in [3.63, 3.8) is 0 Å². The first kappa shape index (κ1) is 24.0. The average molecular weight is 496 g/mol. The van der Waals surface area contributed by atoms with Gasteiger partial charge < -0.3 is 14.5 Å². The number of rotatable bonds is 8. The van der Waals surface area contributed by atoms with Crippen molar-refractivity contribution in [1.82, 2.24) is 20.1 Å². The lowest BCUT2D eigenvalue weighted by Crippen LogP contribution is -2.25. The molecule has 0 aliphatic carbocycles. The highest BCUT2D eigenvalue weighted by molar-refractivity contribution is 7.92. The first-order valence-corrected chi connectivity index (χ1v) is 12.2. The lowest BCUT2D eigenvalue weighted by molar-refractivity contribution is 0.0941. The summed E-state index contributed by atoms with van der Waals surface area (Å²) < 4.78 is 40.5. The summed E-state index contributed by atoms with van der Waals surface area (Å²) in [6, 6.07) is 14.5. The number of anilines is 1. The number of nitrogens with zero attached hydrogens (tertiary/aromatic N) is 3. The third kappa shape index (κ3) is 5.35. The summed E-state index contributed by atoms with van der Waals surface area (Å²) in [6.45, 7) is 3.74. The molecule has 0 spiro atoms. The summed E-state index contributed by atoms with van der Waals surface area (Å²) >= 11 is 0. The lowest BCUT2D eigenvalue weighted by atomic mass is 10.2. The van der Waals surface area contributed by atoms with Crippen LogP contribution in [0.1, 0.15) is 27.6 Å². The Kier molecular flexibility index (Phi) is 6.61. The second-order valence-corrected chi connectivity index (χ2v) is 9.54. The number of carbonyl (C=O) groups is 1. The van der Waals surface area contributed by atoms with E-state index in [4.69, 9.17) is 9.15 Å². The fourth-order valence-electron chi connectivity index (χ4n) is 3.48. The second kappa shape index (κ2) is 9.63. The highest BCUT2D eigenvalue weighted by Gasteiger charge is 2.18. The van der Waals surface area contributed by atoms with Crippen molar-refractivity contribution in [3.8, 4) is 17.2 Å². The number of amides is 1. The number of oxazole rings is 1. The van der Waals surface area contributed by atoms with E-state index < -0.39 is 10.0 Å². The highest BCUT2D eigenvalue weighted by atomic mass is 32.2. The van der Waals surface area contributed by atoms with Gasteiger partial charge in [-0.15, -0.1) is 0 Å². The van der Waals surface area contributed by atoms with Gasteiger partial charge >= 0.3 is 0 Å². The van der Waals surface area contributed by atoms with E-state index >= 15 is 0 Å². The Morgan fingerprint density at radius 3 is 2.51 bits per heavy atom. The molecular formula is C24H25N5O5S. The van der Waals surface area contributed by atoms with E-state index in [9.17, 15) is 13.2 Å². The van der Waals surface area contributed by atoms with Crippen LogP contribution in [-0.4, -0.2) is 36.2 Å². The molecule has 10 nitrogen and oxygen atoms in total. The monoisotopic (exact) mass is 495 g/mol. The summed E-state index contributed by atoms with van der Waals surface area (Å²) in [5, 5.41) is 7.00. The van der Waals surface area contributed by atoms with Crippen LogP contribution in [0.25, 0.3) is 11.5 Å². The molecule has 11 heteroatoms. The zero-order valence-corrected chi connectivity index (χ0v) is 20.5. The molecule has 0 saturated carbocycles. The number of sulfonamides is 1. The van der Waals surface area contributed by atoms with Crippen molar-refractivity contribution in [2.75, 3.05) is 11.8 Å². The van der Waals surface area contributed by atoms with E-state index in [1.807, 2.05) is 6.92 Å². The Morgan fingerprint density at radius 1 is 1.11 bits per heavy atom. The van der Waals surface area contributed by atoms with Crippen molar-refractivity contribution in [3.05, 3.63) is 77.4 Å². The standard InChI is InChI=1S/C24H25N5O5S/c1-15-12-22(29(3)27-15)23(30)25-14-21-16(2)34-24(26-21)17-6-5-7-18(13-17)28-35(31,32)20-10-8-19(33-4)9-11-20/h5-13,28H,14H2,1-4H3,(H,25,30). The van der Waals surface area contributed by atoms with Crippen LogP contribution >= 0.6 is 0 Å². The Bertz CT molecular complexity index is 1470. The van der Waals surface area contributed by atoms with Gasteiger partial charge in [0.2, 0.25) is 5.89 Å². The maximum atomic E-state index is 12.8. The minimum atomic E-state index is -3.80. The molecule has 1 amide bonds. The van der Waals surface area contributed by atoms with Crippen molar-refractivity contribution < 1.29 is 22.4 Å². The van der Waals surface area contributed by atoms with Gasteiger partial charge in [-0.1, -0.05) is 6.07 Å². The number of benzene rings is 2. The fourth-order valence-corrected chi connectivity index (χ4v) is 4.53. The highest BCUT2D eigenvalue weighted by Crippen LogP contribution is 2.26. The lowest BCUT2D eigenvalue weighted by Gasteiger charge is -2.09. The van der Waals surface area contributed by atoms with Crippen LogP contribution in [0.2, 0.25) is 0 Å². The maximum absolute atomic E-state index is 12.8. The number of ether oxygens (including phenoxy) is 1. The molecule has 0 aliphatic heterocycles. The number of aryl methyl sites for hydroxylation is 3. The molecule has 0 atom stereocenters. The van der Waals surface area contributed by atoms with Crippen molar-refractivity contribution in [1.29, 1.82) is 0 Å². The number of aromatic nitrogens is 3. The smallest absolute Gasteiger partial charge is 0.269 e. The van der Waals surface area contributed by atoms with E-state index in [0.717, 1.165) is 5.69 Å². The molecule has 0 fully saturated rings. The molecule has 4 aromatic rings. The van der Waals surface area contributed by atoms with Gasteiger partial charge in [0.1, 0.15) is 22.9 Å². The Morgan fingerprint density at radius 2 is 1.86 bits per heavy atom. The van der Waals surface area contributed by atoms with Gasteiger partial charge in [-0.3, -0.25) is 14.2 Å². The zero-order chi connectivity index (χ0) is 25.2. The second-order valence-electron chi connectivity index (χ2n) is 7.86. The molecule has 2 aromatic heterocycles. The van der Waals surface area contributed by atoms with Gasteiger partial charge in [0.25, 0.3) is 15.9 Å². The number of carbonyl (C=O) groups excluding carboxylic acids is 1. The van der Waals surface area contributed by atoms with Crippen LogP contribution in [0.5, 0.6) is 5.75 Å². The van der Waals surface area contributed by atoms with Gasteiger partial charge in [0.05, 0.1) is 24.2 Å². The average Bonchev–Trinajstić information content (AvgIpc) is 3.38. The van der Waals surface area contributed by atoms with Crippen molar-refractivity contribution >= 4 is 21.6 Å². The van der Waals surface area contributed by atoms with Crippen LogP contribution in [0, 0.1) is 13.8 Å². The van der Waals surface area contributed by atoms with Crippen LogP contribution in [0.15, 0.2) is 63.9 Å². The molecule has 0 aliphatic rings. The predicted molar refractivity (Wildman–Crippen MR) is 130 cm³/mol. The summed E-state index contributed by atoms with van der Waals surface area (Å²) in [5.41, 5.74) is 2.70. The van der Waals surface area contributed by atoms with E-state index in [2.05, 4.69) is 20.1 Å². The maximum Gasteiger partial charge on any atom is 0.269 e. The first-order chi connectivity index (χ1) is 16.7. The SMILES string of the molecule is COc1ccc(S(=O)(=O)Nc2cccc(-c3nc(CNC(=O)c4cc(C)nn4C)c(C)o3)c2)cc1. The van der Waals surface area contributed by atoms with E-state index in [-0.39, 0.29) is 17.3 Å². The molecule has 2 heterocycles. The predicted octanol–water partition coefficient (Wildman–Crippen LogP) is 3.43. The molecule has 2 aromatic carbocycles. The van der Waals surface area contributed by atoms with Crippen LogP contribution in [-0.2, 0) is 23.6 Å². The molecule has 0 radical (unpaired) electrons. The van der Waals surface area contributed by atoms with Crippen molar-refractivity contribution in [2.45, 2.75) is 25.3 Å².